The quantitative estimate of drug-likeness (QED) is 0.914. The first-order chi connectivity index (χ1) is 12.2. The number of carbonyl (C=O) groups excluding carboxylic acids is 1. The molecule has 1 aliphatic carbocycles. The summed E-state index contributed by atoms with van der Waals surface area (Å²) in [6.45, 7) is 3.41. The second kappa shape index (κ2) is 7.08. The Labute approximate surface area is 150 Å². The van der Waals surface area contributed by atoms with Gasteiger partial charge in [-0.1, -0.05) is 36.8 Å². The van der Waals surface area contributed by atoms with Crippen molar-refractivity contribution in [2.45, 2.75) is 56.6 Å². The first-order valence-electron chi connectivity index (χ1n) is 9.95. The third-order valence-electron chi connectivity index (χ3n) is 6.78. The molecule has 2 saturated heterocycles. The molecule has 3 fully saturated rings. The van der Waals surface area contributed by atoms with E-state index in [4.69, 9.17) is 0 Å². The van der Waals surface area contributed by atoms with Gasteiger partial charge < -0.3 is 10.0 Å². The molecule has 1 amide bonds. The average Bonchev–Trinajstić information content (AvgIpc) is 2.98. The molecule has 0 bridgehead atoms. The van der Waals surface area contributed by atoms with Crippen LogP contribution < -0.4 is 0 Å². The molecular weight excluding hydrogens is 312 g/mol. The highest BCUT2D eigenvalue weighted by atomic mass is 16.3. The Morgan fingerprint density at radius 3 is 2.60 bits per heavy atom. The van der Waals surface area contributed by atoms with Gasteiger partial charge in [0.15, 0.2) is 0 Å². The van der Waals surface area contributed by atoms with Crippen LogP contribution in [0.1, 0.15) is 44.1 Å². The zero-order valence-corrected chi connectivity index (χ0v) is 15.1. The lowest BCUT2D eigenvalue weighted by Gasteiger charge is -2.49. The normalized spacial score (nSPS) is 30.6. The van der Waals surface area contributed by atoms with Crippen molar-refractivity contribution in [3.05, 3.63) is 35.9 Å². The number of β-amino-alcohol motifs (C(OH)–C–C–N with tert-alkyl or cyclic N) is 1. The maximum atomic E-state index is 12.5. The van der Waals surface area contributed by atoms with Crippen LogP contribution >= 0.6 is 0 Å². The van der Waals surface area contributed by atoms with Gasteiger partial charge in [0.05, 0.1) is 11.6 Å². The lowest BCUT2D eigenvalue weighted by molar-refractivity contribution is -0.146. The Morgan fingerprint density at radius 2 is 1.92 bits per heavy atom. The molecule has 136 valence electrons. The fourth-order valence-electron chi connectivity index (χ4n) is 4.94. The van der Waals surface area contributed by atoms with Gasteiger partial charge >= 0.3 is 0 Å². The molecule has 2 atom stereocenters. The van der Waals surface area contributed by atoms with E-state index < -0.39 is 6.10 Å². The molecule has 1 spiro atoms. The lowest BCUT2D eigenvalue weighted by Crippen LogP contribution is -2.63. The third kappa shape index (κ3) is 3.22. The molecule has 0 radical (unpaired) electrons. The number of carbonyl (C=O) groups is 1. The Bertz CT molecular complexity index is 601. The van der Waals surface area contributed by atoms with E-state index in [2.05, 4.69) is 35.2 Å². The van der Waals surface area contributed by atoms with Gasteiger partial charge in [-0.05, 0) is 50.6 Å². The van der Waals surface area contributed by atoms with Crippen LogP contribution in [0.25, 0.3) is 0 Å². The summed E-state index contributed by atoms with van der Waals surface area (Å²) in [6.07, 6.45) is 7.02. The van der Waals surface area contributed by atoms with Gasteiger partial charge in [0.2, 0.25) is 5.91 Å². The molecule has 0 unspecified atom stereocenters. The van der Waals surface area contributed by atoms with Crippen molar-refractivity contribution in [2.75, 3.05) is 26.2 Å². The van der Waals surface area contributed by atoms with E-state index in [1.807, 2.05) is 4.90 Å². The first-order valence-corrected chi connectivity index (χ1v) is 9.95. The number of aliphatic hydroxyl groups excluding tert-OH is 1. The molecule has 4 nitrogen and oxygen atoms in total. The predicted octanol–water partition coefficient (Wildman–Crippen LogP) is 2.46. The fraction of sp³-hybridized carbons (Fsp3) is 0.667. The third-order valence-corrected chi connectivity index (χ3v) is 6.78. The number of likely N-dealkylation sites (tertiary alicyclic amines) is 2. The Balaban J connectivity index is 1.39. The summed E-state index contributed by atoms with van der Waals surface area (Å²) in [7, 11) is 0. The van der Waals surface area contributed by atoms with Crippen LogP contribution in [0.3, 0.4) is 0 Å². The number of rotatable bonds is 4. The van der Waals surface area contributed by atoms with Crippen molar-refractivity contribution < 1.29 is 9.90 Å². The van der Waals surface area contributed by atoms with E-state index in [0.717, 1.165) is 58.2 Å². The van der Waals surface area contributed by atoms with Crippen LogP contribution in [0.5, 0.6) is 0 Å². The van der Waals surface area contributed by atoms with Crippen molar-refractivity contribution in [3.63, 3.8) is 0 Å². The van der Waals surface area contributed by atoms with E-state index in [1.54, 1.807) is 0 Å². The molecule has 1 aromatic carbocycles. The summed E-state index contributed by atoms with van der Waals surface area (Å²) >= 11 is 0. The molecule has 3 aliphatic rings. The van der Waals surface area contributed by atoms with E-state index in [0.29, 0.717) is 6.54 Å². The van der Waals surface area contributed by atoms with Crippen LogP contribution in [0.4, 0.5) is 0 Å². The zero-order chi connectivity index (χ0) is 17.3. The van der Waals surface area contributed by atoms with Gasteiger partial charge in [-0.3, -0.25) is 9.69 Å². The minimum Gasteiger partial charge on any atom is -0.389 e. The molecule has 4 rings (SSSR count). The first kappa shape index (κ1) is 17.0. The highest BCUT2D eigenvalue weighted by molar-refractivity contribution is 5.79. The molecule has 25 heavy (non-hydrogen) atoms. The Hall–Kier alpha value is -1.39. The predicted molar refractivity (Wildman–Crippen MR) is 98.2 cm³/mol. The summed E-state index contributed by atoms with van der Waals surface area (Å²) in [6, 6.07) is 10.6. The summed E-state index contributed by atoms with van der Waals surface area (Å²) in [5.41, 5.74) is 1.25. The fourth-order valence-corrected chi connectivity index (χ4v) is 4.94. The van der Waals surface area contributed by atoms with Crippen LogP contribution in [-0.2, 0) is 11.2 Å². The van der Waals surface area contributed by atoms with Gasteiger partial charge in [-0.2, -0.15) is 0 Å². The highest BCUT2D eigenvalue weighted by Gasteiger charge is 2.50. The number of hydrogen-bond acceptors (Lipinski definition) is 3. The largest absolute Gasteiger partial charge is 0.389 e. The molecule has 0 aromatic heterocycles. The van der Waals surface area contributed by atoms with Gasteiger partial charge in [0.1, 0.15) is 0 Å². The summed E-state index contributed by atoms with van der Waals surface area (Å²) in [5.74, 6) is 0.521. The lowest BCUT2D eigenvalue weighted by atomic mass is 9.80. The Kier molecular flexibility index (Phi) is 4.83. The van der Waals surface area contributed by atoms with Gasteiger partial charge in [0.25, 0.3) is 0 Å². The van der Waals surface area contributed by atoms with Crippen molar-refractivity contribution in [1.29, 1.82) is 0 Å². The molecule has 1 aromatic rings. The number of piperidine rings is 1. The van der Waals surface area contributed by atoms with Gasteiger partial charge in [-0.15, -0.1) is 0 Å². The highest BCUT2D eigenvalue weighted by Crippen LogP contribution is 2.39. The topological polar surface area (TPSA) is 43.8 Å². The Morgan fingerprint density at radius 1 is 1.12 bits per heavy atom. The van der Waals surface area contributed by atoms with Crippen molar-refractivity contribution >= 4 is 5.91 Å². The number of benzene rings is 1. The summed E-state index contributed by atoms with van der Waals surface area (Å²) in [4.78, 5) is 17.0. The van der Waals surface area contributed by atoms with Gasteiger partial charge in [0, 0.05) is 25.6 Å². The molecule has 1 saturated carbocycles. The van der Waals surface area contributed by atoms with Crippen LogP contribution in [0, 0.1) is 5.92 Å². The second-order valence-corrected chi connectivity index (χ2v) is 8.11. The zero-order valence-electron chi connectivity index (χ0n) is 15.1. The number of amides is 1. The molecule has 2 heterocycles. The van der Waals surface area contributed by atoms with Crippen molar-refractivity contribution in [2.24, 2.45) is 5.92 Å². The van der Waals surface area contributed by atoms with E-state index in [1.165, 1.54) is 12.0 Å². The van der Waals surface area contributed by atoms with Crippen LogP contribution in [0.2, 0.25) is 0 Å². The molecule has 1 N–H and O–H groups in total. The van der Waals surface area contributed by atoms with E-state index in [-0.39, 0.29) is 17.4 Å². The van der Waals surface area contributed by atoms with Crippen LogP contribution in [0.15, 0.2) is 30.3 Å². The summed E-state index contributed by atoms with van der Waals surface area (Å²) in [5, 5.41) is 11.0. The van der Waals surface area contributed by atoms with Crippen molar-refractivity contribution in [3.8, 4) is 0 Å². The molecule has 4 heteroatoms. The number of aliphatic hydroxyl groups is 1. The van der Waals surface area contributed by atoms with E-state index >= 15 is 0 Å². The second-order valence-electron chi connectivity index (χ2n) is 8.11. The minimum atomic E-state index is -0.413. The maximum absolute atomic E-state index is 12.5. The number of nitrogens with zero attached hydrogens (tertiary/aromatic N) is 2. The average molecular weight is 342 g/mol. The number of hydrogen-bond donors (Lipinski definition) is 1. The maximum Gasteiger partial charge on any atom is 0.225 e. The summed E-state index contributed by atoms with van der Waals surface area (Å²) < 4.78 is 0. The SMILES string of the molecule is O=C(C1CCC1)N1CC[C@@]2(CCCN2CCc2ccccc2)[C@@H](O)C1. The molecular formula is C21H30N2O2. The van der Waals surface area contributed by atoms with Crippen LogP contribution in [-0.4, -0.2) is 58.6 Å². The monoisotopic (exact) mass is 342 g/mol. The van der Waals surface area contributed by atoms with Gasteiger partial charge in [-0.25, -0.2) is 0 Å². The smallest absolute Gasteiger partial charge is 0.225 e. The minimum absolute atomic E-state index is 0.106. The van der Waals surface area contributed by atoms with E-state index in [9.17, 15) is 9.90 Å². The standard InChI is InChI=1S/C21H30N2O2/c24-19-16-22(20(25)18-8-4-9-18)15-12-21(19)11-5-13-23(21)14-10-17-6-2-1-3-7-17/h1-3,6-7,18-19,24H,4-5,8-16H2/t19-,21-/m0/s1. The van der Waals surface area contributed by atoms with Crippen molar-refractivity contribution in [1.82, 2.24) is 9.80 Å². The molecule has 2 aliphatic heterocycles.